The second kappa shape index (κ2) is 9.41. The molecule has 8 heteroatoms. The summed E-state index contributed by atoms with van der Waals surface area (Å²) in [6.45, 7) is 14.8. The van der Waals surface area contributed by atoms with E-state index in [2.05, 4.69) is 26.1 Å². The van der Waals surface area contributed by atoms with Crippen molar-refractivity contribution in [3.05, 3.63) is 0 Å². The van der Waals surface area contributed by atoms with Crippen LogP contribution in [0.4, 0.5) is 0 Å². The maximum Gasteiger partial charge on any atom is 0.312 e. The number of amides is 2. The summed E-state index contributed by atoms with van der Waals surface area (Å²) in [6, 6.07) is -0.792. The molecule has 3 aliphatic rings. The van der Waals surface area contributed by atoms with Crippen molar-refractivity contribution in [2.75, 3.05) is 19.8 Å². The van der Waals surface area contributed by atoms with E-state index in [0.717, 1.165) is 12.8 Å². The van der Waals surface area contributed by atoms with Gasteiger partial charge in [-0.15, -0.1) is 0 Å². The zero-order chi connectivity index (χ0) is 25.5. The summed E-state index contributed by atoms with van der Waals surface area (Å²) < 4.78 is 11.9. The zero-order valence-electron chi connectivity index (χ0n) is 22.0. The molecule has 0 aromatic heterocycles. The van der Waals surface area contributed by atoms with Crippen LogP contribution in [0.15, 0.2) is 0 Å². The van der Waals surface area contributed by atoms with Gasteiger partial charge in [-0.05, 0) is 71.6 Å². The Labute approximate surface area is 204 Å². The molecule has 5 atom stereocenters. The van der Waals surface area contributed by atoms with Gasteiger partial charge in [0.05, 0.1) is 18.1 Å². The number of esters is 1. The van der Waals surface area contributed by atoms with Crippen molar-refractivity contribution >= 4 is 17.8 Å². The highest BCUT2D eigenvalue weighted by Gasteiger charge is 2.78. The van der Waals surface area contributed by atoms with Gasteiger partial charge in [-0.1, -0.05) is 20.8 Å². The molecule has 3 heterocycles. The van der Waals surface area contributed by atoms with Gasteiger partial charge in [0.2, 0.25) is 11.8 Å². The monoisotopic (exact) mass is 480 g/mol. The minimum atomic E-state index is -1.03. The average molecular weight is 481 g/mol. The predicted molar refractivity (Wildman–Crippen MR) is 128 cm³/mol. The number of hydrogen-bond acceptors (Lipinski definition) is 6. The summed E-state index contributed by atoms with van der Waals surface area (Å²) >= 11 is 0. The molecule has 0 aliphatic carbocycles. The van der Waals surface area contributed by atoms with Gasteiger partial charge in [0.1, 0.15) is 17.6 Å². The van der Waals surface area contributed by atoms with E-state index in [0.29, 0.717) is 32.2 Å². The van der Waals surface area contributed by atoms with Crippen molar-refractivity contribution in [3.8, 4) is 0 Å². The van der Waals surface area contributed by atoms with E-state index in [-0.39, 0.29) is 30.4 Å². The fourth-order valence-corrected chi connectivity index (χ4v) is 6.90. The van der Waals surface area contributed by atoms with E-state index >= 15 is 0 Å². The maximum atomic E-state index is 13.9. The van der Waals surface area contributed by atoms with Gasteiger partial charge >= 0.3 is 5.97 Å². The molecular formula is C26H44N2O6. The lowest BCUT2D eigenvalue weighted by Gasteiger charge is -2.38. The molecule has 34 heavy (non-hydrogen) atoms. The Kier molecular flexibility index (Phi) is 7.46. The van der Waals surface area contributed by atoms with Gasteiger partial charge in [-0.25, -0.2) is 0 Å². The quantitative estimate of drug-likeness (QED) is 0.368. The molecule has 2 bridgehead atoms. The Bertz CT molecular complexity index is 806. The van der Waals surface area contributed by atoms with Crippen LogP contribution in [-0.2, 0) is 23.9 Å². The van der Waals surface area contributed by atoms with E-state index in [1.54, 1.807) is 11.8 Å². The minimum absolute atomic E-state index is 0.0118. The molecular weight excluding hydrogens is 436 g/mol. The van der Waals surface area contributed by atoms with Gasteiger partial charge < -0.3 is 24.8 Å². The fraction of sp³-hybridized carbons (Fsp3) is 0.885. The van der Waals surface area contributed by atoms with Gasteiger partial charge in [-0.3, -0.25) is 14.4 Å². The number of nitrogens with zero attached hydrogens (tertiary/aromatic N) is 1. The smallest absolute Gasteiger partial charge is 0.312 e. The van der Waals surface area contributed by atoms with Crippen molar-refractivity contribution < 1.29 is 29.0 Å². The number of hydrogen-bond donors (Lipinski definition) is 2. The van der Waals surface area contributed by atoms with Crippen molar-refractivity contribution in [1.29, 1.82) is 0 Å². The number of nitrogens with one attached hydrogen (secondary N) is 1. The number of unbranched alkanes of at least 4 members (excludes halogenated alkanes) is 2. The molecule has 3 saturated heterocycles. The molecule has 2 amide bonds. The second-order valence-electron chi connectivity index (χ2n) is 12.4. The topological polar surface area (TPSA) is 105 Å². The van der Waals surface area contributed by atoms with E-state index in [1.807, 2.05) is 20.8 Å². The molecule has 3 rings (SSSR count). The highest BCUT2D eigenvalue weighted by molar-refractivity contribution is 5.98. The van der Waals surface area contributed by atoms with E-state index in [4.69, 9.17) is 14.6 Å². The van der Waals surface area contributed by atoms with Crippen LogP contribution in [-0.4, -0.2) is 70.3 Å². The molecule has 0 aromatic carbocycles. The third kappa shape index (κ3) is 4.85. The van der Waals surface area contributed by atoms with Crippen molar-refractivity contribution in [2.45, 2.75) is 110 Å². The molecule has 194 valence electrons. The first kappa shape index (κ1) is 26.9. The molecule has 0 saturated carbocycles. The maximum absolute atomic E-state index is 13.9. The Morgan fingerprint density at radius 1 is 1.18 bits per heavy atom. The van der Waals surface area contributed by atoms with Crippen LogP contribution in [0.1, 0.15) is 87.0 Å². The number of fused-ring (bicyclic) bond motifs is 1. The average Bonchev–Trinajstić information content (AvgIpc) is 3.24. The minimum Gasteiger partial charge on any atom is -0.466 e. The Balaban J connectivity index is 1.95. The Morgan fingerprint density at radius 3 is 2.44 bits per heavy atom. The summed E-state index contributed by atoms with van der Waals surface area (Å²) in [4.78, 5) is 42.3. The SMILES string of the molecule is CCOC(=O)[C@H]1[C@H]2C(=O)N(CCCCCO)C(C(=O)NC(C)(C)CC(C)(C)C)C23CC[C@]1(C)O3. The molecule has 0 aromatic rings. The predicted octanol–water partition coefficient (Wildman–Crippen LogP) is 2.81. The van der Waals surface area contributed by atoms with Crippen molar-refractivity contribution in [2.24, 2.45) is 17.3 Å². The molecule has 2 unspecified atom stereocenters. The molecule has 3 fully saturated rings. The van der Waals surface area contributed by atoms with Gasteiger partial charge in [0.15, 0.2) is 0 Å². The molecule has 8 nitrogen and oxygen atoms in total. The standard InChI is InChI=1S/C26H44N2O6/c1-8-33-22(32)18-17-21(31)28(14-10-9-11-15-29)19(26(17)13-12-25(18,7)34-26)20(30)27-24(5,6)16-23(2,3)4/h17-19,29H,8-16H2,1-7H3,(H,27,30)/t17-,18+,19?,25-,26?/m0/s1. The Hall–Kier alpha value is -1.67. The number of rotatable bonds is 10. The van der Waals surface area contributed by atoms with Crippen molar-refractivity contribution in [3.63, 3.8) is 0 Å². The van der Waals surface area contributed by atoms with Crippen LogP contribution in [0.5, 0.6) is 0 Å². The van der Waals surface area contributed by atoms with Crippen molar-refractivity contribution in [1.82, 2.24) is 10.2 Å². The van der Waals surface area contributed by atoms with Crippen LogP contribution in [0.25, 0.3) is 0 Å². The summed E-state index contributed by atoms with van der Waals surface area (Å²) in [5.41, 5.74) is -2.30. The van der Waals surface area contributed by atoms with Gasteiger partial charge in [-0.2, -0.15) is 0 Å². The van der Waals surface area contributed by atoms with E-state index < -0.39 is 40.6 Å². The molecule has 3 aliphatic heterocycles. The highest BCUT2D eigenvalue weighted by atomic mass is 16.6. The normalized spacial score (nSPS) is 32.8. The number of carbonyl (C=O) groups excluding carboxylic acids is 3. The first-order valence-electron chi connectivity index (χ1n) is 12.8. The van der Waals surface area contributed by atoms with Crippen LogP contribution >= 0.6 is 0 Å². The van der Waals surface area contributed by atoms with Gasteiger partial charge in [0.25, 0.3) is 0 Å². The summed E-state index contributed by atoms with van der Waals surface area (Å²) in [5.74, 6) is -2.27. The van der Waals surface area contributed by atoms with Gasteiger partial charge in [0, 0.05) is 18.7 Å². The molecule has 2 N–H and O–H groups in total. The second-order valence-corrected chi connectivity index (χ2v) is 12.4. The lowest BCUT2D eigenvalue weighted by atomic mass is 9.66. The largest absolute Gasteiger partial charge is 0.466 e. The fourth-order valence-electron chi connectivity index (χ4n) is 6.90. The highest BCUT2D eigenvalue weighted by Crippen LogP contribution is 2.63. The van der Waals surface area contributed by atoms with Crippen LogP contribution < -0.4 is 5.32 Å². The third-order valence-corrected chi connectivity index (χ3v) is 7.56. The number of likely N-dealkylation sites (tertiary alicyclic amines) is 1. The van der Waals surface area contributed by atoms with Crippen LogP contribution in [0.3, 0.4) is 0 Å². The van der Waals surface area contributed by atoms with E-state index in [9.17, 15) is 14.4 Å². The molecule has 1 spiro atoms. The molecule has 0 radical (unpaired) electrons. The Morgan fingerprint density at radius 2 is 1.85 bits per heavy atom. The first-order valence-corrected chi connectivity index (χ1v) is 12.8. The first-order chi connectivity index (χ1) is 15.7. The lowest BCUT2D eigenvalue weighted by molar-refractivity contribution is -0.159. The van der Waals surface area contributed by atoms with Crippen LogP contribution in [0.2, 0.25) is 0 Å². The number of carbonyl (C=O) groups is 3. The summed E-state index contributed by atoms with van der Waals surface area (Å²) in [7, 11) is 0. The van der Waals surface area contributed by atoms with E-state index in [1.165, 1.54) is 0 Å². The van der Waals surface area contributed by atoms with Crippen LogP contribution in [0, 0.1) is 17.3 Å². The lowest BCUT2D eigenvalue weighted by Crippen LogP contribution is -2.59. The summed E-state index contributed by atoms with van der Waals surface area (Å²) in [5, 5.41) is 12.4. The number of aliphatic hydroxyl groups is 1. The summed E-state index contributed by atoms with van der Waals surface area (Å²) in [6.07, 6.45) is 4.00. The third-order valence-electron chi connectivity index (χ3n) is 7.56. The number of aliphatic hydroxyl groups excluding tert-OH is 1. The number of ether oxygens (including phenoxy) is 2. The zero-order valence-corrected chi connectivity index (χ0v) is 22.0.